The van der Waals surface area contributed by atoms with E-state index >= 15 is 0 Å². The van der Waals surface area contributed by atoms with Crippen LogP contribution in [0.25, 0.3) is 0 Å². The third kappa shape index (κ3) is 4.90. The van der Waals surface area contributed by atoms with Gasteiger partial charge in [0.2, 0.25) is 5.91 Å². The predicted octanol–water partition coefficient (Wildman–Crippen LogP) is 1.82. The van der Waals surface area contributed by atoms with Gasteiger partial charge in [0.05, 0.1) is 16.8 Å². The maximum absolute atomic E-state index is 12.4. The average molecular weight is 409 g/mol. The molecule has 3 rings (SSSR count). The molecule has 1 amide bonds. The van der Waals surface area contributed by atoms with Crippen molar-refractivity contribution in [2.75, 3.05) is 11.5 Å². The van der Waals surface area contributed by atoms with E-state index in [9.17, 15) is 13.2 Å². The molecule has 1 aromatic carbocycles. The van der Waals surface area contributed by atoms with Gasteiger partial charge in [-0.05, 0) is 25.8 Å². The molecule has 1 N–H and O–H groups in total. The van der Waals surface area contributed by atoms with Crippen molar-refractivity contribution in [3.63, 3.8) is 0 Å². The third-order valence-electron chi connectivity index (χ3n) is 4.70. The number of benzene rings is 1. The molecule has 27 heavy (non-hydrogen) atoms. The summed E-state index contributed by atoms with van der Waals surface area (Å²) in [5.74, 6) is 0.799. The molecule has 146 valence electrons. The van der Waals surface area contributed by atoms with Crippen molar-refractivity contribution in [1.29, 1.82) is 0 Å². The summed E-state index contributed by atoms with van der Waals surface area (Å²) in [6.45, 7) is 4.33. The van der Waals surface area contributed by atoms with Gasteiger partial charge < -0.3 is 9.88 Å². The molecule has 1 saturated heterocycles. The summed E-state index contributed by atoms with van der Waals surface area (Å²) < 4.78 is 25.2. The minimum absolute atomic E-state index is 0.0754. The van der Waals surface area contributed by atoms with Crippen molar-refractivity contribution >= 4 is 27.5 Å². The quantitative estimate of drug-likeness (QED) is 0.733. The molecule has 1 aromatic heterocycles. The molecular weight excluding hydrogens is 384 g/mol. The lowest BCUT2D eigenvalue weighted by Gasteiger charge is -2.12. The Balaban J connectivity index is 1.58. The zero-order valence-corrected chi connectivity index (χ0v) is 17.3. The van der Waals surface area contributed by atoms with Gasteiger partial charge in [-0.25, -0.2) is 8.42 Å². The van der Waals surface area contributed by atoms with E-state index in [4.69, 9.17) is 0 Å². The van der Waals surface area contributed by atoms with E-state index in [-0.39, 0.29) is 28.6 Å². The van der Waals surface area contributed by atoms with E-state index in [0.29, 0.717) is 23.9 Å². The van der Waals surface area contributed by atoms with Gasteiger partial charge in [-0.1, -0.05) is 41.6 Å². The highest BCUT2D eigenvalue weighted by Crippen LogP contribution is 2.30. The summed E-state index contributed by atoms with van der Waals surface area (Å²) in [4.78, 5) is 12.4. The first-order valence-corrected chi connectivity index (χ1v) is 11.5. The summed E-state index contributed by atoms with van der Waals surface area (Å²) in [5.41, 5.74) is 2.23. The largest absolute Gasteiger partial charge is 0.351 e. The van der Waals surface area contributed by atoms with Crippen LogP contribution in [0, 0.1) is 6.92 Å². The maximum Gasteiger partial charge on any atom is 0.233 e. The summed E-state index contributed by atoms with van der Waals surface area (Å²) in [6, 6.07) is 8.03. The number of nitrogens with one attached hydrogen (secondary N) is 1. The number of rotatable bonds is 6. The number of hydrogen-bond acceptors (Lipinski definition) is 6. The monoisotopic (exact) mass is 408 g/mol. The van der Waals surface area contributed by atoms with Crippen molar-refractivity contribution in [3.05, 3.63) is 41.2 Å². The molecule has 0 radical (unpaired) electrons. The first-order valence-electron chi connectivity index (χ1n) is 8.85. The zero-order chi connectivity index (χ0) is 19.6. The van der Waals surface area contributed by atoms with E-state index in [2.05, 4.69) is 15.5 Å². The van der Waals surface area contributed by atoms with Crippen LogP contribution in [0.15, 0.2) is 29.4 Å². The molecule has 0 unspecified atom stereocenters. The summed E-state index contributed by atoms with van der Waals surface area (Å²) >= 11 is 1.32. The minimum Gasteiger partial charge on any atom is -0.351 e. The summed E-state index contributed by atoms with van der Waals surface area (Å²) in [6.07, 6.45) is 0.575. The predicted molar refractivity (Wildman–Crippen MR) is 105 cm³/mol. The van der Waals surface area contributed by atoms with Gasteiger partial charge in [0.15, 0.2) is 15.0 Å². The van der Waals surface area contributed by atoms with Crippen LogP contribution >= 0.6 is 11.8 Å². The standard InChI is InChI=1S/C18H24N4O3S2/c1-12-4-6-14(7-5-12)10-19-17(23)13(2)26-18-21-20-16(22(18)3)15-8-9-27(24,25)11-15/h4-7,13,15H,8-11H2,1-3H3,(H,19,23)/t13-,15+/m1/s1. The van der Waals surface area contributed by atoms with Crippen LogP contribution in [-0.2, 0) is 28.2 Å². The van der Waals surface area contributed by atoms with Crippen LogP contribution < -0.4 is 5.32 Å². The van der Waals surface area contributed by atoms with Crippen molar-refractivity contribution in [2.45, 2.75) is 43.1 Å². The molecule has 2 aromatic rings. The zero-order valence-electron chi connectivity index (χ0n) is 15.7. The molecule has 2 atom stereocenters. The van der Waals surface area contributed by atoms with E-state index in [1.807, 2.05) is 45.2 Å². The lowest BCUT2D eigenvalue weighted by molar-refractivity contribution is -0.120. The fourth-order valence-corrected chi connectivity index (χ4v) is 5.62. The molecular formula is C18H24N4O3S2. The number of thioether (sulfide) groups is 1. The second kappa shape index (κ2) is 8.02. The Labute approximate surface area is 163 Å². The van der Waals surface area contributed by atoms with Crippen LogP contribution in [0.2, 0.25) is 0 Å². The number of carbonyl (C=O) groups excluding carboxylic acids is 1. The fraction of sp³-hybridized carbons (Fsp3) is 0.500. The number of sulfone groups is 1. The van der Waals surface area contributed by atoms with Crippen LogP contribution in [0.5, 0.6) is 0 Å². The van der Waals surface area contributed by atoms with E-state index < -0.39 is 9.84 Å². The third-order valence-corrected chi connectivity index (χ3v) is 7.61. The van der Waals surface area contributed by atoms with Gasteiger partial charge in [0.1, 0.15) is 5.82 Å². The Kier molecular flexibility index (Phi) is 5.90. The second-order valence-corrected chi connectivity index (χ2v) is 10.5. The number of aryl methyl sites for hydroxylation is 1. The molecule has 0 bridgehead atoms. The molecule has 0 saturated carbocycles. The molecule has 1 aliphatic rings. The highest BCUT2D eigenvalue weighted by molar-refractivity contribution is 8.00. The summed E-state index contributed by atoms with van der Waals surface area (Å²) in [5, 5.41) is 11.6. The van der Waals surface area contributed by atoms with Gasteiger partial charge in [-0.2, -0.15) is 0 Å². The average Bonchev–Trinajstić information content (AvgIpc) is 3.16. The topological polar surface area (TPSA) is 94.0 Å². The smallest absolute Gasteiger partial charge is 0.233 e. The molecule has 7 nitrogen and oxygen atoms in total. The molecule has 9 heteroatoms. The van der Waals surface area contributed by atoms with E-state index in [0.717, 1.165) is 5.56 Å². The Morgan fingerprint density at radius 3 is 2.67 bits per heavy atom. The van der Waals surface area contributed by atoms with Gasteiger partial charge in [-0.15, -0.1) is 10.2 Å². The number of hydrogen-bond donors (Lipinski definition) is 1. The molecule has 1 aliphatic heterocycles. The number of carbonyl (C=O) groups is 1. The second-order valence-electron chi connectivity index (χ2n) is 6.96. The molecule has 0 spiro atoms. The Morgan fingerprint density at radius 1 is 1.33 bits per heavy atom. The Bertz CT molecular complexity index is 923. The van der Waals surface area contributed by atoms with Gasteiger partial charge in [0.25, 0.3) is 0 Å². The van der Waals surface area contributed by atoms with Gasteiger partial charge in [0, 0.05) is 19.5 Å². The van der Waals surface area contributed by atoms with Crippen LogP contribution in [0.4, 0.5) is 0 Å². The fourth-order valence-electron chi connectivity index (χ4n) is 3.03. The lowest BCUT2D eigenvalue weighted by Crippen LogP contribution is -2.30. The van der Waals surface area contributed by atoms with Crippen LogP contribution in [0.1, 0.15) is 36.2 Å². The highest BCUT2D eigenvalue weighted by Gasteiger charge is 2.33. The van der Waals surface area contributed by atoms with Gasteiger partial charge in [-0.3, -0.25) is 4.79 Å². The Hall–Kier alpha value is -1.87. The molecule has 1 fully saturated rings. The van der Waals surface area contributed by atoms with E-state index in [1.165, 1.54) is 17.3 Å². The van der Waals surface area contributed by atoms with Crippen LogP contribution in [0.3, 0.4) is 0 Å². The highest BCUT2D eigenvalue weighted by atomic mass is 32.2. The van der Waals surface area contributed by atoms with E-state index in [1.54, 1.807) is 4.57 Å². The molecule has 2 heterocycles. The lowest BCUT2D eigenvalue weighted by atomic mass is 10.1. The number of nitrogens with zero attached hydrogens (tertiary/aromatic N) is 3. The number of aromatic nitrogens is 3. The SMILES string of the molecule is Cc1ccc(CNC(=O)[C@@H](C)Sc2nnc([C@H]3CCS(=O)(=O)C3)n2C)cc1. The Morgan fingerprint density at radius 2 is 2.04 bits per heavy atom. The summed E-state index contributed by atoms with van der Waals surface area (Å²) in [7, 11) is -1.16. The van der Waals surface area contributed by atoms with Crippen molar-refractivity contribution in [1.82, 2.24) is 20.1 Å². The van der Waals surface area contributed by atoms with Crippen molar-refractivity contribution in [2.24, 2.45) is 7.05 Å². The van der Waals surface area contributed by atoms with Crippen LogP contribution in [-0.4, -0.2) is 45.8 Å². The number of amides is 1. The minimum atomic E-state index is -2.98. The molecule has 0 aliphatic carbocycles. The first kappa shape index (κ1) is 19.9. The van der Waals surface area contributed by atoms with Crippen molar-refractivity contribution < 1.29 is 13.2 Å². The normalized spacial score (nSPS) is 19.7. The maximum atomic E-state index is 12.4. The van der Waals surface area contributed by atoms with Gasteiger partial charge >= 0.3 is 0 Å². The first-order chi connectivity index (χ1) is 12.7. The van der Waals surface area contributed by atoms with Crippen molar-refractivity contribution in [3.8, 4) is 0 Å².